The number of nitrogens with one attached hydrogen (secondary N) is 2. The minimum atomic E-state index is -2.74. The number of piperazine rings is 1. The lowest BCUT2D eigenvalue weighted by Crippen LogP contribution is -2.52. The predicted octanol–water partition coefficient (Wildman–Crippen LogP) is 4.85. The van der Waals surface area contributed by atoms with Crippen LogP contribution in [-0.4, -0.2) is 108 Å². The molecule has 2 aliphatic rings. The smallest absolute Gasteiger partial charge is 0.230 e. The fraction of sp³-hybridized carbons (Fsp3) is 0.452. The number of fused-ring (bicyclic) bond motifs is 1. The highest BCUT2D eigenvalue weighted by atomic mass is 79.9. The zero-order valence-corrected chi connectivity index (χ0v) is 28.9. The molecule has 0 aliphatic carbocycles. The summed E-state index contributed by atoms with van der Waals surface area (Å²) in [5, 5.41) is 7.22. The number of hydrogen-bond donors (Lipinski definition) is 2. The number of anilines is 5. The van der Waals surface area contributed by atoms with Gasteiger partial charge < -0.3 is 29.7 Å². The molecule has 0 atom stereocenters. The summed E-state index contributed by atoms with van der Waals surface area (Å²) in [6.45, 7) is 12.1. The van der Waals surface area contributed by atoms with Gasteiger partial charge in [-0.1, -0.05) is 0 Å². The van der Waals surface area contributed by atoms with E-state index in [1.807, 2.05) is 19.1 Å². The first kappa shape index (κ1) is 31.6. The van der Waals surface area contributed by atoms with Crippen LogP contribution in [0.4, 0.5) is 29.0 Å². The van der Waals surface area contributed by atoms with Crippen LogP contribution in [0.3, 0.4) is 0 Å². The Hall–Kier alpha value is -3.38. The van der Waals surface area contributed by atoms with Crippen molar-refractivity contribution in [3.63, 3.8) is 0 Å². The fourth-order valence-corrected chi connectivity index (χ4v) is 7.90. The number of rotatable bonds is 8. The zero-order chi connectivity index (χ0) is 31.7. The van der Waals surface area contributed by atoms with E-state index in [1.165, 1.54) is 0 Å². The first-order valence-corrected chi connectivity index (χ1v) is 18.6. The van der Waals surface area contributed by atoms with E-state index < -0.39 is 7.14 Å². The van der Waals surface area contributed by atoms with Crippen LogP contribution in [-0.2, 0) is 4.57 Å². The Balaban J connectivity index is 1.21. The quantitative estimate of drug-likeness (QED) is 0.245. The lowest BCUT2D eigenvalue weighted by molar-refractivity contribution is 0.0982. The third-order valence-corrected chi connectivity index (χ3v) is 10.7. The largest absolute Gasteiger partial charge is 0.493 e. The number of aromatic nitrogens is 5. The number of hydrogen-bond acceptors (Lipinski definition) is 12. The van der Waals surface area contributed by atoms with Crippen LogP contribution in [0.25, 0.3) is 11.0 Å². The number of pyridine rings is 1. The summed E-state index contributed by atoms with van der Waals surface area (Å²) in [5.41, 5.74) is 3.93. The van der Waals surface area contributed by atoms with E-state index in [0.717, 1.165) is 63.5 Å². The lowest BCUT2D eigenvalue weighted by Gasteiger charge is -2.42. The van der Waals surface area contributed by atoms with Crippen LogP contribution in [0.15, 0.2) is 41.3 Å². The molecule has 5 heterocycles. The summed E-state index contributed by atoms with van der Waals surface area (Å²) in [6, 6.07) is 6.41. The van der Waals surface area contributed by atoms with Crippen molar-refractivity contribution in [2.45, 2.75) is 25.8 Å². The Kier molecular flexibility index (Phi) is 9.24. The first-order valence-electron chi connectivity index (χ1n) is 15.2. The number of ether oxygens (including phenoxy) is 1. The van der Waals surface area contributed by atoms with Crippen molar-refractivity contribution in [3.05, 3.63) is 47.0 Å². The third kappa shape index (κ3) is 6.91. The van der Waals surface area contributed by atoms with E-state index in [1.54, 1.807) is 39.0 Å². The van der Waals surface area contributed by atoms with Crippen molar-refractivity contribution in [1.29, 1.82) is 0 Å². The SMILES string of the molecule is COc1cc(N2CCC(N3CCN(C)CC3)CC2)c(C)nc1Nc1ncc(Br)c(Nc2ccc3nccnc3c2P(C)(C)=O)n1. The van der Waals surface area contributed by atoms with E-state index in [4.69, 9.17) is 14.7 Å². The van der Waals surface area contributed by atoms with Crippen molar-refractivity contribution < 1.29 is 9.30 Å². The van der Waals surface area contributed by atoms with E-state index >= 15 is 0 Å². The van der Waals surface area contributed by atoms with Crippen LogP contribution in [0.5, 0.6) is 5.75 Å². The molecule has 45 heavy (non-hydrogen) atoms. The lowest BCUT2D eigenvalue weighted by atomic mass is 10.0. The van der Waals surface area contributed by atoms with E-state index in [0.29, 0.717) is 55.9 Å². The van der Waals surface area contributed by atoms with Gasteiger partial charge in [-0.05, 0) is 68.2 Å². The number of aryl methyl sites for hydroxylation is 1. The Morgan fingerprint density at radius 2 is 1.69 bits per heavy atom. The molecule has 238 valence electrons. The number of likely N-dealkylation sites (N-methyl/N-ethyl adjacent to an activating group) is 1. The Labute approximate surface area is 272 Å². The molecule has 0 spiro atoms. The molecule has 0 unspecified atom stereocenters. The normalized spacial score (nSPS) is 17.1. The molecule has 1 aromatic carbocycles. The molecule has 0 radical (unpaired) electrons. The minimum absolute atomic E-state index is 0.338. The third-order valence-electron chi connectivity index (χ3n) is 8.61. The molecule has 0 saturated carbocycles. The molecule has 14 heteroatoms. The highest BCUT2D eigenvalue weighted by molar-refractivity contribution is 9.10. The summed E-state index contributed by atoms with van der Waals surface area (Å²) in [4.78, 5) is 30.4. The summed E-state index contributed by atoms with van der Waals surface area (Å²) in [7, 11) is 1.11. The fourth-order valence-electron chi connectivity index (χ4n) is 6.22. The first-order chi connectivity index (χ1) is 21.6. The van der Waals surface area contributed by atoms with Gasteiger partial charge in [0.1, 0.15) is 18.5 Å². The molecule has 2 saturated heterocycles. The van der Waals surface area contributed by atoms with Gasteiger partial charge >= 0.3 is 0 Å². The second kappa shape index (κ2) is 13.2. The van der Waals surface area contributed by atoms with Crippen LogP contribution in [0, 0.1) is 6.92 Å². The Bertz CT molecular complexity index is 1740. The van der Waals surface area contributed by atoms with Gasteiger partial charge in [0, 0.05) is 70.0 Å². The summed E-state index contributed by atoms with van der Waals surface area (Å²) >= 11 is 3.56. The molecule has 4 aromatic rings. The van der Waals surface area contributed by atoms with Crippen LogP contribution in [0.2, 0.25) is 0 Å². The molecule has 3 aromatic heterocycles. The standard InChI is InChI=1S/C31H40BrN10O2P/c1-20-25(42-12-8-21(9-13-42)41-16-14-40(2)15-17-41)18-26(44-3)30(36-20)39-31-35-19-22(32)29(38-31)37-24-7-6-23-27(34-11-10-33-23)28(24)45(4,5)43/h6-7,10-11,18-19,21H,8-9,12-17H2,1-5H3,(H2,35,36,37,38,39). The zero-order valence-electron chi connectivity index (χ0n) is 26.4. The van der Waals surface area contributed by atoms with Crippen LogP contribution in [0.1, 0.15) is 18.5 Å². The monoisotopic (exact) mass is 694 g/mol. The number of halogens is 1. The summed E-state index contributed by atoms with van der Waals surface area (Å²) in [5.74, 6) is 1.99. The van der Waals surface area contributed by atoms with Gasteiger partial charge in [0.2, 0.25) is 5.95 Å². The second-order valence-electron chi connectivity index (χ2n) is 12.1. The molecular formula is C31H40BrN10O2P. The topological polar surface area (TPSA) is 125 Å². The summed E-state index contributed by atoms with van der Waals surface area (Å²) in [6.07, 6.45) is 7.18. The average Bonchev–Trinajstić information content (AvgIpc) is 3.02. The van der Waals surface area contributed by atoms with Crippen molar-refractivity contribution in [2.75, 3.05) is 82.3 Å². The molecule has 0 bridgehead atoms. The highest BCUT2D eigenvalue weighted by Gasteiger charge is 2.28. The van der Waals surface area contributed by atoms with Gasteiger partial charge in [-0.3, -0.25) is 14.9 Å². The molecule has 0 amide bonds. The van der Waals surface area contributed by atoms with Crippen molar-refractivity contribution >= 4 is 68.4 Å². The maximum absolute atomic E-state index is 13.4. The second-order valence-corrected chi connectivity index (χ2v) is 16.1. The maximum Gasteiger partial charge on any atom is 0.230 e. The minimum Gasteiger partial charge on any atom is -0.493 e. The van der Waals surface area contributed by atoms with E-state index in [9.17, 15) is 4.57 Å². The van der Waals surface area contributed by atoms with E-state index in [-0.39, 0.29) is 0 Å². The van der Waals surface area contributed by atoms with Gasteiger partial charge in [-0.25, -0.2) is 9.97 Å². The van der Waals surface area contributed by atoms with Crippen molar-refractivity contribution in [2.24, 2.45) is 0 Å². The molecular weight excluding hydrogens is 655 g/mol. The molecule has 6 rings (SSSR count). The van der Waals surface area contributed by atoms with Gasteiger partial charge in [-0.2, -0.15) is 4.98 Å². The predicted molar refractivity (Wildman–Crippen MR) is 185 cm³/mol. The molecule has 2 N–H and O–H groups in total. The average molecular weight is 696 g/mol. The highest BCUT2D eigenvalue weighted by Crippen LogP contribution is 2.41. The van der Waals surface area contributed by atoms with Gasteiger partial charge in [0.05, 0.1) is 39.5 Å². The van der Waals surface area contributed by atoms with Gasteiger partial charge in [0.25, 0.3) is 0 Å². The van der Waals surface area contributed by atoms with Gasteiger partial charge in [0.15, 0.2) is 11.6 Å². The van der Waals surface area contributed by atoms with E-state index in [2.05, 4.69) is 69.3 Å². The number of nitrogens with zero attached hydrogens (tertiary/aromatic N) is 8. The van der Waals surface area contributed by atoms with Gasteiger partial charge in [-0.15, -0.1) is 0 Å². The van der Waals surface area contributed by atoms with Crippen molar-refractivity contribution in [3.8, 4) is 5.75 Å². The summed E-state index contributed by atoms with van der Waals surface area (Å²) < 4.78 is 19.8. The molecule has 2 aliphatic heterocycles. The Morgan fingerprint density at radius 3 is 2.40 bits per heavy atom. The van der Waals surface area contributed by atoms with Crippen LogP contribution >= 0.6 is 23.1 Å². The maximum atomic E-state index is 13.4. The number of piperidine rings is 1. The molecule has 12 nitrogen and oxygen atoms in total. The van der Waals surface area contributed by atoms with Crippen LogP contribution < -0.4 is 25.6 Å². The Morgan fingerprint density at radius 1 is 0.956 bits per heavy atom. The number of methoxy groups -OCH3 is 1. The molecule has 2 fully saturated rings. The number of benzene rings is 1. The van der Waals surface area contributed by atoms with Crippen molar-refractivity contribution in [1.82, 2.24) is 34.7 Å².